The fourth-order valence-electron chi connectivity index (χ4n) is 1.82. The Kier molecular flexibility index (Phi) is 11.5. The molecule has 2 amide bonds. The first-order valence-electron chi connectivity index (χ1n) is 7.41. The van der Waals surface area contributed by atoms with Crippen LogP contribution in [-0.4, -0.2) is 24.4 Å². The molecule has 0 bridgehead atoms. The van der Waals surface area contributed by atoms with Crippen molar-refractivity contribution >= 4 is 11.8 Å². The highest BCUT2D eigenvalue weighted by Crippen LogP contribution is 2.05. The lowest BCUT2D eigenvalue weighted by Gasteiger charge is -2.11. The highest BCUT2D eigenvalue weighted by Gasteiger charge is 2.15. The summed E-state index contributed by atoms with van der Waals surface area (Å²) in [5, 5.41) is 2.36. The minimum absolute atomic E-state index is 0.212. The summed E-state index contributed by atoms with van der Waals surface area (Å²) < 4.78 is 0. The second kappa shape index (κ2) is 12.1. The molecule has 0 rings (SSSR count). The summed E-state index contributed by atoms with van der Waals surface area (Å²) in [4.78, 5) is 23.1. The molecule has 0 aliphatic rings. The molecule has 19 heavy (non-hydrogen) atoms. The summed E-state index contributed by atoms with van der Waals surface area (Å²) in [6.07, 6.45) is 8.06. The van der Waals surface area contributed by atoms with Crippen LogP contribution in [0.4, 0.5) is 0 Å². The van der Waals surface area contributed by atoms with Gasteiger partial charge in [0.05, 0.1) is 6.04 Å². The Balaban J connectivity index is 3.64. The van der Waals surface area contributed by atoms with Crippen LogP contribution in [0.25, 0.3) is 0 Å². The van der Waals surface area contributed by atoms with E-state index in [0.29, 0.717) is 19.4 Å². The molecule has 0 aromatic heterocycles. The van der Waals surface area contributed by atoms with Gasteiger partial charge in [-0.25, -0.2) is 0 Å². The molecular formula is C14H29N3O2. The Morgan fingerprint density at radius 2 is 1.74 bits per heavy atom. The van der Waals surface area contributed by atoms with E-state index < -0.39 is 6.04 Å². The number of nitrogens with one attached hydrogen (secondary N) is 1. The van der Waals surface area contributed by atoms with Crippen molar-refractivity contribution in [2.75, 3.05) is 6.54 Å². The van der Waals surface area contributed by atoms with Crippen molar-refractivity contribution in [2.45, 2.75) is 70.8 Å². The topological polar surface area (TPSA) is 98.2 Å². The van der Waals surface area contributed by atoms with Crippen LogP contribution in [0.1, 0.15) is 64.7 Å². The molecule has 0 aliphatic carbocycles. The van der Waals surface area contributed by atoms with Crippen molar-refractivity contribution in [2.24, 2.45) is 11.5 Å². The molecule has 0 fully saturated rings. The number of amides is 2. The first-order chi connectivity index (χ1) is 9.11. The fourth-order valence-corrected chi connectivity index (χ4v) is 1.82. The second-order valence-electron chi connectivity index (χ2n) is 4.97. The molecule has 5 nitrogen and oxygen atoms in total. The van der Waals surface area contributed by atoms with Crippen LogP contribution in [0.5, 0.6) is 0 Å². The van der Waals surface area contributed by atoms with Crippen molar-refractivity contribution in [3.8, 4) is 0 Å². The highest BCUT2D eigenvalue weighted by atomic mass is 16.2. The van der Waals surface area contributed by atoms with Gasteiger partial charge in [0.25, 0.3) is 0 Å². The standard InChI is InChI=1S/C14H29N3O2/c1-2-3-4-5-6-10-13(18)17-14(19)12(16)9-7-8-11-15/h12H,2-11,15-16H2,1H3,(H,17,18,19)/t12-/m0/s1. The zero-order valence-electron chi connectivity index (χ0n) is 12.1. The number of hydrogen-bond acceptors (Lipinski definition) is 4. The summed E-state index contributed by atoms with van der Waals surface area (Å²) >= 11 is 0. The predicted octanol–water partition coefficient (Wildman–Crippen LogP) is 1.45. The Labute approximate surface area is 116 Å². The van der Waals surface area contributed by atoms with Gasteiger partial charge in [-0.2, -0.15) is 0 Å². The molecule has 0 aromatic carbocycles. The number of imide groups is 1. The average Bonchev–Trinajstić information content (AvgIpc) is 2.38. The smallest absolute Gasteiger partial charge is 0.243 e. The number of rotatable bonds is 11. The lowest BCUT2D eigenvalue weighted by molar-refractivity contribution is -0.131. The van der Waals surface area contributed by atoms with Gasteiger partial charge < -0.3 is 11.5 Å². The van der Waals surface area contributed by atoms with Crippen LogP contribution in [0.3, 0.4) is 0 Å². The van der Waals surface area contributed by atoms with Crippen LogP contribution < -0.4 is 16.8 Å². The molecule has 0 spiro atoms. The number of carbonyl (C=O) groups excluding carboxylic acids is 2. The molecule has 5 heteroatoms. The number of nitrogens with two attached hydrogens (primary N) is 2. The van der Waals surface area contributed by atoms with E-state index in [2.05, 4.69) is 12.2 Å². The maximum absolute atomic E-state index is 11.6. The van der Waals surface area contributed by atoms with Crippen LogP contribution in [0, 0.1) is 0 Å². The third kappa shape index (κ3) is 10.7. The van der Waals surface area contributed by atoms with E-state index >= 15 is 0 Å². The number of hydrogen-bond donors (Lipinski definition) is 3. The van der Waals surface area contributed by atoms with Gasteiger partial charge in [0.2, 0.25) is 11.8 Å². The zero-order chi connectivity index (χ0) is 14.5. The molecule has 5 N–H and O–H groups in total. The van der Waals surface area contributed by atoms with Gasteiger partial charge in [-0.3, -0.25) is 14.9 Å². The van der Waals surface area contributed by atoms with Crippen LogP contribution in [0.2, 0.25) is 0 Å². The average molecular weight is 271 g/mol. The van der Waals surface area contributed by atoms with Gasteiger partial charge >= 0.3 is 0 Å². The van der Waals surface area contributed by atoms with E-state index in [-0.39, 0.29) is 11.8 Å². The monoisotopic (exact) mass is 271 g/mol. The molecule has 0 saturated heterocycles. The molecule has 112 valence electrons. The van der Waals surface area contributed by atoms with E-state index in [1.807, 2.05) is 0 Å². The molecule has 0 aliphatic heterocycles. The normalized spacial score (nSPS) is 12.2. The largest absolute Gasteiger partial charge is 0.330 e. The molecule has 0 heterocycles. The van der Waals surface area contributed by atoms with Crippen molar-refractivity contribution < 1.29 is 9.59 Å². The Hall–Kier alpha value is -0.940. The second-order valence-corrected chi connectivity index (χ2v) is 4.97. The molecular weight excluding hydrogens is 242 g/mol. The molecule has 0 saturated carbocycles. The maximum Gasteiger partial charge on any atom is 0.243 e. The van der Waals surface area contributed by atoms with E-state index in [1.54, 1.807) is 0 Å². The summed E-state index contributed by atoms with van der Waals surface area (Å²) in [7, 11) is 0. The van der Waals surface area contributed by atoms with Crippen LogP contribution in [-0.2, 0) is 9.59 Å². The van der Waals surface area contributed by atoms with Crippen LogP contribution >= 0.6 is 0 Å². The molecule has 0 unspecified atom stereocenters. The predicted molar refractivity (Wildman–Crippen MR) is 77.4 cm³/mol. The fraction of sp³-hybridized carbons (Fsp3) is 0.857. The van der Waals surface area contributed by atoms with Crippen molar-refractivity contribution in [3.63, 3.8) is 0 Å². The van der Waals surface area contributed by atoms with Gasteiger partial charge in [-0.1, -0.05) is 39.0 Å². The van der Waals surface area contributed by atoms with Gasteiger partial charge in [-0.05, 0) is 25.8 Å². The van der Waals surface area contributed by atoms with E-state index in [1.165, 1.54) is 12.8 Å². The Morgan fingerprint density at radius 1 is 1.05 bits per heavy atom. The van der Waals surface area contributed by atoms with Crippen molar-refractivity contribution in [1.82, 2.24) is 5.32 Å². The molecule has 0 aromatic rings. The lowest BCUT2D eigenvalue weighted by atomic mass is 10.1. The summed E-state index contributed by atoms with van der Waals surface area (Å²) in [6.45, 7) is 2.75. The van der Waals surface area contributed by atoms with E-state index in [9.17, 15) is 9.59 Å². The van der Waals surface area contributed by atoms with Crippen LogP contribution in [0.15, 0.2) is 0 Å². The van der Waals surface area contributed by atoms with E-state index in [4.69, 9.17) is 11.5 Å². The van der Waals surface area contributed by atoms with E-state index in [0.717, 1.165) is 32.1 Å². The number of carbonyl (C=O) groups is 2. The Bertz CT molecular complexity index is 257. The van der Waals surface area contributed by atoms with Crippen molar-refractivity contribution in [3.05, 3.63) is 0 Å². The maximum atomic E-state index is 11.6. The first-order valence-corrected chi connectivity index (χ1v) is 7.41. The summed E-state index contributed by atoms with van der Waals surface area (Å²) in [5.41, 5.74) is 11.1. The first kappa shape index (κ1) is 18.1. The molecule has 0 radical (unpaired) electrons. The van der Waals surface area contributed by atoms with Crippen molar-refractivity contribution in [1.29, 1.82) is 0 Å². The zero-order valence-corrected chi connectivity index (χ0v) is 12.1. The number of unbranched alkanes of at least 4 members (excludes halogenated alkanes) is 5. The molecule has 1 atom stereocenters. The minimum atomic E-state index is -0.601. The third-order valence-corrected chi connectivity index (χ3v) is 3.08. The SMILES string of the molecule is CCCCCCCC(=O)NC(=O)[C@@H](N)CCCCN. The summed E-state index contributed by atoms with van der Waals surface area (Å²) in [5.74, 6) is -0.577. The van der Waals surface area contributed by atoms with Gasteiger partial charge in [-0.15, -0.1) is 0 Å². The summed E-state index contributed by atoms with van der Waals surface area (Å²) in [6, 6.07) is -0.601. The minimum Gasteiger partial charge on any atom is -0.330 e. The van der Waals surface area contributed by atoms with Gasteiger partial charge in [0.15, 0.2) is 0 Å². The van der Waals surface area contributed by atoms with Gasteiger partial charge in [0, 0.05) is 6.42 Å². The Morgan fingerprint density at radius 3 is 2.37 bits per heavy atom. The quantitative estimate of drug-likeness (QED) is 0.495. The third-order valence-electron chi connectivity index (χ3n) is 3.08. The van der Waals surface area contributed by atoms with Gasteiger partial charge in [0.1, 0.15) is 0 Å². The highest BCUT2D eigenvalue weighted by molar-refractivity contribution is 5.97. The lowest BCUT2D eigenvalue weighted by Crippen LogP contribution is -2.43.